The van der Waals surface area contributed by atoms with Crippen LogP contribution in [0, 0.1) is 5.92 Å². The third-order valence-corrected chi connectivity index (χ3v) is 6.95. The molecule has 2 atom stereocenters. The summed E-state index contributed by atoms with van der Waals surface area (Å²) in [6.07, 6.45) is 8.75. The average molecular weight is 361 g/mol. The van der Waals surface area contributed by atoms with Crippen LogP contribution in [-0.2, 0) is 23.6 Å². The van der Waals surface area contributed by atoms with Gasteiger partial charge in [0.2, 0.25) is 0 Å². The molecule has 2 bridgehead atoms. The number of hydrogen-bond acceptors (Lipinski definition) is 5. The van der Waals surface area contributed by atoms with Gasteiger partial charge in [0, 0.05) is 57.9 Å². The molecule has 8 heteroatoms. The van der Waals surface area contributed by atoms with E-state index in [2.05, 4.69) is 14.9 Å². The Kier molecular flexibility index (Phi) is 4.35. The number of hydrogen-bond donors (Lipinski definition) is 0. The average Bonchev–Trinajstić information content (AvgIpc) is 2.86. The molecule has 3 saturated heterocycles. The Labute approximate surface area is 148 Å². The van der Waals surface area contributed by atoms with Gasteiger partial charge in [0.15, 0.2) is 5.03 Å². The van der Waals surface area contributed by atoms with Gasteiger partial charge in [0.1, 0.15) is 0 Å². The monoisotopic (exact) mass is 361 g/mol. The molecule has 2 aromatic heterocycles. The molecule has 0 unspecified atom stereocenters. The first kappa shape index (κ1) is 16.7. The molecule has 0 aromatic carbocycles. The zero-order valence-electron chi connectivity index (χ0n) is 14.3. The maximum atomic E-state index is 13.0. The Hall–Kier alpha value is -1.77. The van der Waals surface area contributed by atoms with Gasteiger partial charge in [-0.3, -0.25) is 9.88 Å². The highest BCUT2D eigenvalue weighted by atomic mass is 32.2. The van der Waals surface area contributed by atoms with Crippen molar-refractivity contribution in [3.63, 3.8) is 0 Å². The van der Waals surface area contributed by atoms with E-state index in [0.29, 0.717) is 12.5 Å². The zero-order valence-corrected chi connectivity index (χ0v) is 15.1. The van der Waals surface area contributed by atoms with Crippen LogP contribution in [0.5, 0.6) is 0 Å². The van der Waals surface area contributed by atoms with E-state index in [1.165, 1.54) is 5.56 Å². The summed E-state index contributed by atoms with van der Waals surface area (Å²) < 4.78 is 29.4. The van der Waals surface area contributed by atoms with E-state index >= 15 is 0 Å². The van der Waals surface area contributed by atoms with Crippen molar-refractivity contribution in [2.24, 2.45) is 13.0 Å². The highest BCUT2D eigenvalue weighted by molar-refractivity contribution is 7.89. The lowest BCUT2D eigenvalue weighted by atomic mass is 9.97. The van der Waals surface area contributed by atoms with Crippen molar-refractivity contribution in [1.29, 1.82) is 0 Å². The van der Waals surface area contributed by atoms with Gasteiger partial charge in [0.25, 0.3) is 10.0 Å². The van der Waals surface area contributed by atoms with Crippen LogP contribution in [0.1, 0.15) is 18.4 Å². The highest BCUT2D eigenvalue weighted by Gasteiger charge is 2.41. The molecule has 3 aliphatic heterocycles. The van der Waals surface area contributed by atoms with Crippen molar-refractivity contribution in [3.05, 3.63) is 42.6 Å². The van der Waals surface area contributed by atoms with E-state index in [0.717, 1.165) is 32.5 Å². The molecule has 5 rings (SSSR count). The first-order valence-corrected chi connectivity index (χ1v) is 10.1. The first-order valence-electron chi connectivity index (χ1n) is 8.63. The van der Waals surface area contributed by atoms with E-state index in [1.54, 1.807) is 40.8 Å². The third-order valence-electron chi connectivity index (χ3n) is 5.15. The second kappa shape index (κ2) is 6.51. The van der Waals surface area contributed by atoms with E-state index in [9.17, 15) is 8.42 Å². The fourth-order valence-corrected chi connectivity index (χ4v) is 5.64. The standard InChI is InChI=1S/C17H23N5O2S/c1-20-12-17(19-13-20)25(23,24)22-10-15-2-3-16(22)11-21(9-15)8-14-4-6-18-7-5-14/h4-7,12-13,15-16H,2-3,8-11H2,1H3/t15-,16+/m0/s1. The molecule has 0 N–H and O–H groups in total. The Morgan fingerprint density at radius 1 is 1.16 bits per heavy atom. The molecule has 134 valence electrons. The van der Waals surface area contributed by atoms with Gasteiger partial charge in [-0.2, -0.15) is 4.31 Å². The van der Waals surface area contributed by atoms with Crippen molar-refractivity contribution in [1.82, 2.24) is 23.7 Å². The number of aryl methyl sites for hydroxylation is 1. The lowest BCUT2D eigenvalue weighted by Crippen LogP contribution is -2.47. The quantitative estimate of drug-likeness (QED) is 0.816. The van der Waals surface area contributed by atoms with Gasteiger partial charge >= 0.3 is 0 Å². The van der Waals surface area contributed by atoms with Crippen molar-refractivity contribution in [3.8, 4) is 0 Å². The van der Waals surface area contributed by atoms with E-state index in [1.807, 2.05) is 12.1 Å². The number of rotatable bonds is 4. The smallest absolute Gasteiger partial charge is 0.262 e. The lowest BCUT2D eigenvalue weighted by Gasteiger charge is -2.34. The predicted molar refractivity (Wildman–Crippen MR) is 93.1 cm³/mol. The van der Waals surface area contributed by atoms with Crippen LogP contribution in [0.3, 0.4) is 0 Å². The topological polar surface area (TPSA) is 71.3 Å². The third kappa shape index (κ3) is 3.33. The minimum absolute atomic E-state index is 0.0209. The van der Waals surface area contributed by atoms with Crippen LogP contribution in [0.25, 0.3) is 0 Å². The molecular formula is C17H23N5O2S. The van der Waals surface area contributed by atoms with Gasteiger partial charge < -0.3 is 4.57 Å². The number of aromatic nitrogens is 3. The van der Waals surface area contributed by atoms with Crippen molar-refractivity contribution in [2.75, 3.05) is 19.6 Å². The Bertz CT molecular complexity index is 836. The fourth-order valence-electron chi connectivity index (χ4n) is 3.95. The summed E-state index contributed by atoms with van der Waals surface area (Å²) in [5.41, 5.74) is 1.22. The van der Waals surface area contributed by atoms with Crippen LogP contribution in [0.2, 0.25) is 0 Å². The molecule has 3 fully saturated rings. The molecule has 0 radical (unpaired) electrons. The molecule has 25 heavy (non-hydrogen) atoms. The Balaban J connectivity index is 1.55. The van der Waals surface area contributed by atoms with Crippen LogP contribution < -0.4 is 0 Å². The van der Waals surface area contributed by atoms with E-state index in [4.69, 9.17) is 0 Å². The zero-order chi connectivity index (χ0) is 17.4. The first-order chi connectivity index (χ1) is 12.0. The minimum Gasteiger partial charge on any atom is -0.339 e. The van der Waals surface area contributed by atoms with Crippen molar-refractivity contribution >= 4 is 10.0 Å². The minimum atomic E-state index is -3.53. The maximum Gasteiger partial charge on any atom is 0.262 e. The number of pyridine rings is 1. The Morgan fingerprint density at radius 2 is 1.96 bits per heavy atom. The second-order valence-electron chi connectivity index (χ2n) is 7.10. The highest BCUT2D eigenvalue weighted by Crippen LogP contribution is 2.32. The van der Waals surface area contributed by atoms with E-state index in [-0.39, 0.29) is 11.1 Å². The molecule has 7 nitrogen and oxygen atoms in total. The van der Waals surface area contributed by atoms with Crippen LogP contribution in [0.4, 0.5) is 0 Å². The summed E-state index contributed by atoms with van der Waals surface area (Å²) >= 11 is 0. The summed E-state index contributed by atoms with van der Waals surface area (Å²) in [4.78, 5) is 10.5. The SMILES string of the molecule is Cn1cnc(S(=O)(=O)N2C[C@H]3CC[C@@H]2CN(Cc2ccncc2)C3)c1. The molecule has 5 heterocycles. The molecule has 0 amide bonds. The summed E-state index contributed by atoms with van der Waals surface area (Å²) in [7, 11) is -1.74. The van der Waals surface area contributed by atoms with E-state index < -0.39 is 10.0 Å². The summed E-state index contributed by atoms with van der Waals surface area (Å²) in [6.45, 7) is 3.14. The fraction of sp³-hybridized carbons (Fsp3) is 0.529. The van der Waals surface area contributed by atoms with Gasteiger partial charge in [-0.05, 0) is 36.5 Å². The Morgan fingerprint density at radius 3 is 2.68 bits per heavy atom. The normalized spacial score (nSPS) is 25.2. The molecule has 2 aromatic rings. The van der Waals surface area contributed by atoms with Gasteiger partial charge in [-0.1, -0.05) is 0 Å². The summed E-state index contributed by atoms with van der Waals surface area (Å²) in [6, 6.07) is 4.07. The van der Waals surface area contributed by atoms with Crippen LogP contribution in [-0.4, -0.2) is 57.8 Å². The number of piperidine rings is 1. The van der Waals surface area contributed by atoms with Crippen LogP contribution >= 0.6 is 0 Å². The largest absolute Gasteiger partial charge is 0.339 e. The number of fused-ring (bicyclic) bond motifs is 4. The summed E-state index contributed by atoms with van der Waals surface area (Å²) in [5.74, 6) is 0.374. The summed E-state index contributed by atoms with van der Waals surface area (Å²) in [5, 5.41) is 0.156. The van der Waals surface area contributed by atoms with Gasteiger partial charge in [0.05, 0.1) is 6.33 Å². The molecular weight excluding hydrogens is 338 g/mol. The molecule has 0 saturated carbocycles. The molecule has 0 spiro atoms. The van der Waals surface area contributed by atoms with Gasteiger partial charge in [-0.15, -0.1) is 0 Å². The number of nitrogens with zero attached hydrogens (tertiary/aromatic N) is 5. The van der Waals surface area contributed by atoms with Crippen molar-refractivity contribution < 1.29 is 8.42 Å². The predicted octanol–water partition coefficient (Wildman–Crippen LogP) is 1.10. The van der Waals surface area contributed by atoms with Gasteiger partial charge in [-0.25, -0.2) is 13.4 Å². The lowest BCUT2D eigenvalue weighted by molar-refractivity contribution is 0.225. The number of imidazole rings is 1. The van der Waals surface area contributed by atoms with Crippen molar-refractivity contribution in [2.45, 2.75) is 30.5 Å². The maximum absolute atomic E-state index is 13.0. The molecule has 3 aliphatic rings. The second-order valence-corrected chi connectivity index (χ2v) is 8.94. The number of sulfonamides is 1. The molecule has 0 aliphatic carbocycles. The van der Waals surface area contributed by atoms with Crippen LogP contribution in [0.15, 0.2) is 42.1 Å².